The largest absolute Gasteiger partial charge is 0.361 e. The molecule has 0 aliphatic carbocycles. The number of hydrazine groups is 1. The van der Waals surface area contributed by atoms with Crippen molar-refractivity contribution in [1.29, 1.82) is 0 Å². The summed E-state index contributed by atoms with van der Waals surface area (Å²) in [6.07, 6.45) is 1.02. The summed E-state index contributed by atoms with van der Waals surface area (Å²) in [4.78, 5) is 12.8. The van der Waals surface area contributed by atoms with Gasteiger partial charge in [0, 0.05) is 6.54 Å². The van der Waals surface area contributed by atoms with Crippen LogP contribution in [0.2, 0.25) is 0 Å². The minimum atomic E-state index is -0.395. The van der Waals surface area contributed by atoms with E-state index in [1.165, 1.54) is 0 Å². The van der Waals surface area contributed by atoms with Gasteiger partial charge < -0.3 is 5.32 Å². The number of benzene rings is 2. The molecule has 0 spiro atoms. The molecule has 0 aliphatic rings. The highest BCUT2D eigenvalue weighted by atomic mass is 32.1. The molecule has 25 heavy (non-hydrogen) atoms. The van der Waals surface area contributed by atoms with Gasteiger partial charge in [0.25, 0.3) is 0 Å². The molecule has 2 rings (SSSR count). The van der Waals surface area contributed by atoms with Crippen LogP contribution in [0.3, 0.4) is 0 Å². The lowest BCUT2D eigenvalue weighted by Crippen LogP contribution is -2.48. The second-order valence-corrected chi connectivity index (χ2v) is 6.72. The van der Waals surface area contributed by atoms with Gasteiger partial charge in [0.05, 0.1) is 5.92 Å². The molecule has 5 heteroatoms. The Kier molecular flexibility index (Phi) is 7.41. The smallest absolute Gasteiger partial charge is 0.250 e. The number of hydrogen-bond acceptors (Lipinski definition) is 2. The zero-order chi connectivity index (χ0) is 18.1. The third-order valence-corrected chi connectivity index (χ3v) is 4.08. The normalized spacial score (nSPS) is 10.6. The van der Waals surface area contributed by atoms with Crippen LogP contribution in [-0.4, -0.2) is 17.6 Å². The van der Waals surface area contributed by atoms with Crippen molar-refractivity contribution in [1.82, 2.24) is 16.2 Å². The third kappa shape index (κ3) is 6.19. The van der Waals surface area contributed by atoms with E-state index < -0.39 is 5.92 Å². The Morgan fingerprint density at radius 3 is 1.92 bits per heavy atom. The van der Waals surface area contributed by atoms with Gasteiger partial charge in [-0.1, -0.05) is 74.5 Å². The van der Waals surface area contributed by atoms with Gasteiger partial charge in [-0.15, -0.1) is 0 Å². The molecule has 0 fully saturated rings. The molecule has 132 valence electrons. The Hall–Kier alpha value is -2.40. The van der Waals surface area contributed by atoms with E-state index in [1.54, 1.807) is 0 Å². The first-order valence-electron chi connectivity index (χ1n) is 8.51. The molecule has 3 N–H and O–H groups in total. The molecule has 0 radical (unpaired) electrons. The van der Waals surface area contributed by atoms with Gasteiger partial charge >= 0.3 is 0 Å². The van der Waals surface area contributed by atoms with Crippen LogP contribution in [0.5, 0.6) is 0 Å². The topological polar surface area (TPSA) is 53.2 Å². The molecule has 0 bridgehead atoms. The Bertz CT molecular complexity index is 634. The predicted octanol–water partition coefficient (Wildman–Crippen LogP) is 3.36. The maximum absolute atomic E-state index is 12.8. The molecule has 0 unspecified atom stereocenters. The van der Waals surface area contributed by atoms with Crippen molar-refractivity contribution in [3.05, 3.63) is 71.8 Å². The molecule has 1 amide bonds. The van der Waals surface area contributed by atoms with Crippen LogP contribution in [0, 0.1) is 5.92 Å². The van der Waals surface area contributed by atoms with E-state index in [0.29, 0.717) is 11.0 Å². The molecular formula is C20H25N3OS. The standard InChI is InChI=1S/C20H25N3OS/c1-15(2)13-14-21-20(25)23-22-19(24)18(16-9-5-3-6-10-16)17-11-7-4-8-12-17/h3-12,15,18H,13-14H2,1-2H3,(H,22,24)(H2,21,23,25). The second kappa shape index (κ2) is 9.79. The van der Waals surface area contributed by atoms with Gasteiger partial charge in [-0.2, -0.15) is 0 Å². The highest BCUT2D eigenvalue weighted by molar-refractivity contribution is 7.80. The number of thiocarbonyl (C=S) groups is 1. The molecule has 2 aromatic rings. The summed E-state index contributed by atoms with van der Waals surface area (Å²) in [6, 6.07) is 19.4. The van der Waals surface area contributed by atoms with E-state index >= 15 is 0 Å². The highest BCUT2D eigenvalue weighted by Crippen LogP contribution is 2.24. The minimum absolute atomic E-state index is 0.148. The van der Waals surface area contributed by atoms with Crippen LogP contribution >= 0.6 is 12.2 Å². The van der Waals surface area contributed by atoms with Crippen LogP contribution in [0.1, 0.15) is 37.3 Å². The van der Waals surface area contributed by atoms with E-state index in [1.807, 2.05) is 60.7 Å². The second-order valence-electron chi connectivity index (χ2n) is 6.31. The van der Waals surface area contributed by atoms with E-state index in [9.17, 15) is 4.79 Å². The molecule has 0 heterocycles. The summed E-state index contributed by atoms with van der Waals surface area (Å²) >= 11 is 5.21. The first kappa shape index (κ1) is 18.9. The number of carbonyl (C=O) groups excluding carboxylic acids is 1. The van der Waals surface area contributed by atoms with Gasteiger partial charge in [0.1, 0.15) is 0 Å². The number of carbonyl (C=O) groups is 1. The molecule has 4 nitrogen and oxygen atoms in total. The Morgan fingerprint density at radius 2 is 1.44 bits per heavy atom. The van der Waals surface area contributed by atoms with Gasteiger partial charge in [-0.05, 0) is 35.7 Å². The fraction of sp³-hybridized carbons (Fsp3) is 0.300. The van der Waals surface area contributed by atoms with Crippen molar-refractivity contribution in [3.63, 3.8) is 0 Å². The Morgan fingerprint density at radius 1 is 0.920 bits per heavy atom. The predicted molar refractivity (Wildman–Crippen MR) is 106 cm³/mol. The van der Waals surface area contributed by atoms with Gasteiger partial charge in [-0.3, -0.25) is 15.6 Å². The summed E-state index contributed by atoms with van der Waals surface area (Å²) < 4.78 is 0. The first-order chi connectivity index (χ1) is 12.1. The average molecular weight is 356 g/mol. The van der Waals surface area contributed by atoms with Gasteiger partial charge in [-0.25, -0.2) is 0 Å². The van der Waals surface area contributed by atoms with Crippen molar-refractivity contribution < 1.29 is 4.79 Å². The maximum atomic E-state index is 12.8. The first-order valence-corrected chi connectivity index (χ1v) is 8.92. The molecule has 0 aliphatic heterocycles. The number of hydrogen-bond donors (Lipinski definition) is 3. The van der Waals surface area contributed by atoms with Crippen molar-refractivity contribution in [2.45, 2.75) is 26.2 Å². The SMILES string of the molecule is CC(C)CCNC(=S)NNC(=O)C(c1ccccc1)c1ccccc1. The maximum Gasteiger partial charge on any atom is 0.250 e. The Balaban J connectivity index is 2.01. The number of rotatable bonds is 6. The lowest BCUT2D eigenvalue weighted by Gasteiger charge is -2.19. The van der Waals surface area contributed by atoms with Gasteiger partial charge in [0.15, 0.2) is 5.11 Å². The number of amides is 1. The van der Waals surface area contributed by atoms with Crippen LogP contribution in [-0.2, 0) is 4.79 Å². The molecule has 0 saturated carbocycles. The zero-order valence-electron chi connectivity index (χ0n) is 14.7. The van der Waals surface area contributed by atoms with Crippen molar-refractivity contribution >= 4 is 23.2 Å². The van der Waals surface area contributed by atoms with Crippen LogP contribution in [0.25, 0.3) is 0 Å². The summed E-state index contributed by atoms with van der Waals surface area (Å²) in [5, 5.41) is 3.52. The fourth-order valence-electron chi connectivity index (χ4n) is 2.50. The van der Waals surface area contributed by atoms with Crippen molar-refractivity contribution in [3.8, 4) is 0 Å². The zero-order valence-corrected chi connectivity index (χ0v) is 15.5. The van der Waals surface area contributed by atoms with E-state index in [2.05, 4.69) is 30.0 Å². The molecule has 0 saturated heterocycles. The van der Waals surface area contributed by atoms with Crippen LogP contribution in [0.15, 0.2) is 60.7 Å². The molecule has 0 aromatic heterocycles. The monoisotopic (exact) mass is 355 g/mol. The Labute approximate surface area is 155 Å². The lowest BCUT2D eigenvalue weighted by atomic mass is 9.91. The highest BCUT2D eigenvalue weighted by Gasteiger charge is 2.22. The third-order valence-electron chi connectivity index (χ3n) is 3.83. The minimum Gasteiger partial charge on any atom is -0.361 e. The van der Waals surface area contributed by atoms with E-state index in [0.717, 1.165) is 24.1 Å². The number of nitrogens with one attached hydrogen (secondary N) is 3. The van der Waals surface area contributed by atoms with Crippen molar-refractivity contribution in [2.24, 2.45) is 5.92 Å². The quantitative estimate of drug-likeness (QED) is 0.549. The average Bonchev–Trinajstić information content (AvgIpc) is 2.62. The van der Waals surface area contributed by atoms with E-state index in [-0.39, 0.29) is 5.91 Å². The van der Waals surface area contributed by atoms with Crippen LogP contribution < -0.4 is 16.2 Å². The summed E-state index contributed by atoms with van der Waals surface area (Å²) in [5.41, 5.74) is 7.40. The fourth-order valence-corrected chi connectivity index (χ4v) is 2.65. The summed E-state index contributed by atoms with van der Waals surface area (Å²) in [5.74, 6) is 0.0595. The molecular weight excluding hydrogens is 330 g/mol. The molecule has 0 atom stereocenters. The summed E-state index contributed by atoms with van der Waals surface area (Å²) in [6.45, 7) is 5.09. The summed E-state index contributed by atoms with van der Waals surface area (Å²) in [7, 11) is 0. The molecule has 2 aromatic carbocycles. The van der Waals surface area contributed by atoms with Crippen LogP contribution in [0.4, 0.5) is 0 Å². The van der Waals surface area contributed by atoms with Crippen molar-refractivity contribution in [2.75, 3.05) is 6.54 Å². The van der Waals surface area contributed by atoms with Gasteiger partial charge in [0.2, 0.25) is 5.91 Å². The lowest BCUT2D eigenvalue weighted by molar-refractivity contribution is -0.122. The van der Waals surface area contributed by atoms with E-state index in [4.69, 9.17) is 12.2 Å².